The third-order valence-corrected chi connectivity index (χ3v) is 2.06. The first-order valence-electron chi connectivity index (χ1n) is 2.71. The van der Waals surface area contributed by atoms with Crippen LogP contribution in [0.25, 0.3) is 0 Å². The van der Waals surface area contributed by atoms with Gasteiger partial charge in [0.1, 0.15) is 0 Å². The van der Waals surface area contributed by atoms with Crippen LogP contribution in [0.5, 0.6) is 0 Å². The van der Waals surface area contributed by atoms with Gasteiger partial charge in [-0.05, 0) is 0 Å². The highest BCUT2D eigenvalue weighted by Crippen LogP contribution is 1.90. The molecule has 0 aromatic carbocycles. The second-order valence-electron chi connectivity index (χ2n) is 1.56. The maximum absolute atomic E-state index is 3.75. The van der Waals surface area contributed by atoms with E-state index in [1.807, 2.05) is 0 Å². The summed E-state index contributed by atoms with van der Waals surface area (Å²) in [5.74, 6) is 0. The van der Waals surface area contributed by atoms with Crippen molar-refractivity contribution in [2.75, 3.05) is 0 Å². The molecule has 0 N–H and O–H groups in total. The SMILES string of the molecule is [CH2]CCC[SiH2]C. The average molecular weight is 101 g/mol. The molecule has 1 radical (unpaired) electrons. The zero-order valence-corrected chi connectivity index (χ0v) is 5.95. The van der Waals surface area contributed by atoms with E-state index in [1.165, 1.54) is 12.5 Å². The summed E-state index contributed by atoms with van der Waals surface area (Å²) in [6.45, 7) is 6.09. The van der Waals surface area contributed by atoms with Crippen LogP contribution in [0.3, 0.4) is 0 Å². The monoisotopic (exact) mass is 101 g/mol. The van der Waals surface area contributed by atoms with E-state index in [0.717, 1.165) is 6.42 Å². The van der Waals surface area contributed by atoms with Crippen LogP contribution < -0.4 is 0 Å². The maximum atomic E-state index is 3.75. The van der Waals surface area contributed by atoms with Crippen molar-refractivity contribution in [1.29, 1.82) is 0 Å². The Morgan fingerprint density at radius 2 is 2.33 bits per heavy atom. The summed E-state index contributed by atoms with van der Waals surface area (Å²) >= 11 is 0. The molecule has 6 heavy (non-hydrogen) atoms. The zero-order valence-electron chi connectivity index (χ0n) is 4.54. The number of unbranched alkanes of at least 4 members (excludes halogenated alkanes) is 1. The molecule has 0 aliphatic carbocycles. The van der Waals surface area contributed by atoms with Gasteiger partial charge in [-0.1, -0.05) is 32.4 Å². The molecule has 0 amide bonds. The van der Waals surface area contributed by atoms with Crippen LogP contribution in [0, 0.1) is 6.92 Å². The van der Waals surface area contributed by atoms with Crippen molar-refractivity contribution in [3.63, 3.8) is 0 Å². The van der Waals surface area contributed by atoms with Crippen LogP contribution in [0.1, 0.15) is 12.8 Å². The van der Waals surface area contributed by atoms with Crippen molar-refractivity contribution in [3.8, 4) is 0 Å². The van der Waals surface area contributed by atoms with Crippen molar-refractivity contribution < 1.29 is 0 Å². The molecular weight excluding hydrogens is 88.1 g/mol. The summed E-state index contributed by atoms with van der Waals surface area (Å²) in [4.78, 5) is 0. The molecule has 0 aromatic heterocycles. The second-order valence-corrected chi connectivity index (χ2v) is 3.27. The maximum Gasteiger partial charge on any atom is 0.0166 e. The van der Waals surface area contributed by atoms with Gasteiger partial charge in [0, 0.05) is 9.52 Å². The summed E-state index contributed by atoms with van der Waals surface area (Å²) in [5, 5.41) is 0. The minimum absolute atomic E-state index is 0.363. The molecule has 0 rings (SSSR count). The summed E-state index contributed by atoms with van der Waals surface area (Å²) < 4.78 is 0. The average Bonchev–Trinajstić information content (AvgIpc) is 1.61. The Morgan fingerprint density at radius 3 is 2.50 bits per heavy atom. The first kappa shape index (κ1) is 6.22. The predicted molar refractivity (Wildman–Crippen MR) is 33.8 cm³/mol. The lowest BCUT2D eigenvalue weighted by Gasteiger charge is -1.85. The van der Waals surface area contributed by atoms with Crippen LogP contribution in [-0.2, 0) is 0 Å². The molecule has 0 aliphatic heterocycles. The quantitative estimate of drug-likeness (QED) is 0.370. The fraction of sp³-hybridized carbons (Fsp3) is 0.800. The highest BCUT2D eigenvalue weighted by atomic mass is 28.2. The summed E-state index contributed by atoms with van der Waals surface area (Å²) in [6, 6.07) is 1.49. The minimum Gasteiger partial charge on any atom is -0.0748 e. The molecule has 0 spiro atoms. The largest absolute Gasteiger partial charge is 0.0748 e. The number of hydrogen-bond acceptors (Lipinski definition) is 0. The van der Waals surface area contributed by atoms with E-state index in [1.54, 1.807) is 0 Å². The van der Waals surface area contributed by atoms with Gasteiger partial charge in [-0.2, -0.15) is 0 Å². The molecular formula is C5H13Si. The Hall–Kier alpha value is 0.217. The smallest absolute Gasteiger partial charge is 0.0166 e. The van der Waals surface area contributed by atoms with Gasteiger partial charge in [-0.15, -0.1) is 0 Å². The predicted octanol–water partition coefficient (Wildman–Crippen LogP) is 1.24. The van der Waals surface area contributed by atoms with E-state index in [2.05, 4.69) is 13.5 Å². The Labute approximate surface area is 42.8 Å². The van der Waals surface area contributed by atoms with Crippen molar-refractivity contribution in [2.24, 2.45) is 0 Å². The lowest BCUT2D eigenvalue weighted by molar-refractivity contribution is 0.948. The van der Waals surface area contributed by atoms with E-state index >= 15 is 0 Å². The van der Waals surface area contributed by atoms with E-state index < -0.39 is 0 Å². The van der Waals surface area contributed by atoms with E-state index in [4.69, 9.17) is 0 Å². The molecule has 0 saturated carbocycles. The van der Waals surface area contributed by atoms with Crippen LogP contribution in [-0.4, -0.2) is 9.52 Å². The van der Waals surface area contributed by atoms with Crippen molar-refractivity contribution >= 4 is 9.52 Å². The Balaban J connectivity index is 2.34. The molecule has 0 atom stereocenters. The molecule has 37 valence electrons. The van der Waals surface area contributed by atoms with Gasteiger partial charge >= 0.3 is 0 Å². The van der Waals surface area contributed by atoms with Gasteiger partial charge in [0.05, 0.1) is 0 Å². The molecule has 0 unspecified atom stereocenters. The van der Waals surface area contributed by atoms with Crippen LogP contribution in [0.15, 0.2) is 0 Å². The lowest BCUT2D eigenvalue weighted by Crippen LogP contribution is -1.77. The standard InChI is InChI=1S/C5H13Si/c1-3-4-5-6-2/h1,3-6H2,2H3. The molecule has 0 aromatic rings. The van der Waals surface area contributed by atoms with E-state index in [-0.39, 0.29) is 0 Å². The zero-order chi connectivity index (χ0) is 4.83. The van der Waals surface area contributed by atoms with Gasteiger partial charge in [-0.3, -0.25) is 0 Å². The Morgan fingerprint density at radius 1 is 1.67 bits per heavy atom. The Kier molecular flexibility index (Phi) is 5.41. The summed E-state index contributed by atoms with van der Waals surface area (Å²) in [6.07, 6.45) is 2.50. The topological polar surface area (TPSA) is 0 Å². The van der Waals surface area contributed by atoms with Gasteiger partial charge in [0.15, 0.2) is 0 Å². The highest BCUT2D eigenvalue weighted by molar-refractivity contribution is 6.33. The Bertz CT molecular complexity index is 15.9. The van der Waals surface area contributed by atoms with Gasteiger partial charge in [-0.25, -0.2) is 0 Å². The van der Waals surface area contributed by atoms with E-state index in [0.29, 0.717) is 9.52 Å². The first-order chi connectivity index (χ1) is 2.91. The molecule has 0 saturated heterocycles. The van der Waals surface area contributed by atoms with Crippen LogP contribution in [0.2, 0.25) is 12.6 Å². The molecule has 0 aliphatic rings. The summed E-state index contributed by atoms with van der Waals surface area (Å²) in [5.41, 5.74) is 0. The van der Waals surface area contributed by atoms with Crippen LogP contribution in [0.4, 0.5) is 0 Å². The fourth-order valence-electron chi connectivity index (χ4n) is 0.427. The number of rotatable bonds is 3. The van der Waals surface area contributed by atoms with Gasteiger partial charge < -0.3 is 0 Å². The lowest BCUT2D eigenvalue weighted by atomic mass is 10.4. The van der Waals surface area contributed by atoms with Crippen LogP contribution >= 0.6 is 0 Å². The first-order valence-corrected chi connectivity index (χ1v) is 5.12. The fourth-order valence-corrected chi connectivity index (χ4v) is 1.28. The van der Waals surface area contributed by atoms with Crippen molar-refractivity contribution in [3.05, 3.63) is 6.92 Å². The van der Waals surface area contributed by atoms with Crippen molar-refractivity contribution in [1.82, 2.24) is 0 Å². The summed E-state index contributed by atoms with van der Waals surface area (Å²) in [7, 11) is 0.363. The normalized spacial score (nSPS) is 11.0. The highest BCUT2D eigenvalue weighted by Gasteiger charge is 1.76. The molecule has 1 heteroatoms. The molecule has 0 nitrogen and oxygen atoms in total. The third-order valence-electron chi connectivity index (χ3n) is 0.854. The second kappa shape index (κ2) is 5.22. The molecule has 0 fully saturated rings. The minimum atomic E-state index is 0.363. The molecule has 0 bridgehead atoms. The molecule has 0 heterocycles. The van der Waals surface area contributed by atoms with E-state index in [9.17, 15) is 0 Å². The van der Waals surface area contributed by atoms with Crippen molar-refractivity contribution in [2.45, 2.75) is 25.4 Å². The number of hydrogen-bond donors (Lipinski definition) is 0. The third kappa shape index (κ3) is 4.22. The van der Waals surface area contributed by atoms with Gasteiger partial charge in [0.2, 0.25) is 0 Å². The van der Waals surface area contributed by atoms with Gasteiger partial charge in [0.25, 0.3) is 0 Å².